The summed E-state index contributed by atoms with van der Waals surface area (Å²) in [4.78, 5) is 30.1. The van der Waals surface area contributed by atoms with Gasteiger partial charge in [0.15, 0.2) is 0 Å². The van der Waals surface area contributed by atoms with E-state index in [-0.39, 0.29) is 7.85 Å². The minimum atomic E-state index is -1.41. The number of hydrogen-bond acceptors (Lipinski definition) is 2. The fourth-order valence-electron chi connectivity index (χ4n) is 1.35. The molecule has 0 saturated carbocycles. The summed E-state index contributed by atoms with van der Waals surface area (Å²) >= 11 is -2.81. The Labute approximate surface area is 111 Å². The van der Waals surface area contributed by atoms with Crippen molar-refractivity contribution in [1.29, 1.82) is 0 Å². The zero-order valence-corrected chi connectivity index (χ0v) is 14.4. The van der Waals surface area contributed by atoms with Crippen LogP contribution in [0.15, 0.2) is 0 Å². The average Bonchev–Trinajstić information content (AvgIpc) is 2.09. The topological polar surface area (TPSA) is 74.6 Å². The van der Waals surface area contributed by atoms with Gasteiger partial charge < -0.3 is 0 Å². The van der Waals surface area contributed by atoms with E-state index in [0.29, 0.717) is 12.8 Å². The fourth-order valence-corrected chi connectivity index (χ4v) is 6.69. The van der Waals surface area contributed by atoms with Crippen molar-refractivity contribution in [1.82, 2.24) is 0 Å². The van der Waals surface area contributed by atoms with Gasteiger partial charge in [0.05, 0.1) is 0 Å². The first kappa shape index (κ1) is 16.4. The Morgan fingerprint density at radius 1 is 0.875 bits per heavy atom. The molecule has 16 heavy (non-hydrogen) atoms. The van der Waals surface area contributed by atoms with Crippen LogP contribution in [0.3, 0.4) is 0 Å². The molecule has 6 heteroatoms. The molecule has 0 saturated heterocycles. The van der Waals surface area contributed by atoms with E-state index in [2.05, 4.69) is 0 Å². The van der Waals surface area contributed by atoms with Crippen LogP contribution >= 0.6 is 39.6 Å². The van der Waals surface area contributed by atoms with Crippen molar-refractivity contribution in [2.45, 2.75) is 20.7 Å². The molecule has 2 atom stereocenters. The van der Waals surface area contributed by atoms with Crippen LogP contribution in [0, 0.1) is 0 Å². The van der Waals surface area contributed by atoms with Crippen molar-refractivity contribution in [3.05, 3.63) is 0 Å². The molecule has 0 fully saturated rings. The van der Waals surface area contributed by atoms with Crippen LogP contribution in [0.4, 0.5) is 0 Å². The molecule has 98 valence electrons. The van der Waals surface area contributed by atoms with Crippen LogP contribution in [-0.4, -0.2) is 49.7 Å². The standard InChI is InChI=1S/C10H20I2O4/c1-11(2)7(9(13)14)5-6-8(10(15)16)12(3)4/h7-8H,5-6H2,1-4H3,(H,13,14)(H,15,16). The van der Waals surface area contributed by atoms with Crippen molar-refractivity contribution in [3.8, 4) is 0 Å². The molecule has 0 aromatic carbocycles. The van der Waals surface area contributed by atoms with E-state index in [1.807, 2.05) is 19.7 Å². The summed E-state index contributed by atoms with van der Waals surface area (Å²) in [6, 6.07) is 0. The monoisotopic (exact) mass is 458 g/mol. The number of carboxylic acids is 2. The molecule has 0 aromatic rings. The predicted octanol–water partition coefficient (Wildman–Crippen LogP) is 2.21. The van der Waals surface area contributed by atoms with Gasteiger partial charge in [-0.3, -0.25) is 0 Å². The molecular weight excluding hydrogens is 438 g/mol. The molecular formula is C10H20I2O4. The summed E-state index contributed by atoms with van der Waals surface area (Å²) in [6.45, 7) is 0. The summed E-state index contributed by atoms with van der Waals surface area (Å²) in [5.41, 5.74) is 0. The van der Waals surface area contributed by atoms with Gasteiger partial charge in [-0.2, -0.15) is 0 Å². The maximum absolute atomic E-state index is 11.0. The molecule has 0 amide bonds. The average molecular weight is 458 g/mol. The summed E-state index contributed by atoms with van der Waals surface area (Å²) in [5, 5.41) is 18.1. The van der Waals surface area contributed by atoms with Crippen LogP contribution in [0.25, 0.3) is 0 Å². The molecule has 0 spiro atoms. The van der Waals surface area contributed by atoms with Gasteiger partial charge in [0.25, 0.3) is 0 Å². The molecule has 0 rings (SSSR count). The molecule has 4 nitrogen and oxygen atoms in total. The third kappa shape index (κ3) is 5.65. The van der Waals surface area contributed by atoms with Crippen LogP contribution in [-0.2, 0) is 9.59 Å². The molecule has 0 heterocycles. The van der Waals surface area contributed by atoms with Crippen LogP contribution in [0.1, 0.15) is 12.8 Å². The van der Waals surface area contributed by atoms with Gasteiger partial charge in [0, 0.05) is 0 Å². The zero-order chi connectivity index (χ0) is 12.9. The van der Waals surface area contributed by atoms with Crippen LogP contribution in [0.5, 0.6) is 0 Å². The third-order valence-electron chi connectivity index (χ3n) is 2.26. The number of carboxylic acid groups (broad SMARTS) is 2. The van der Waals surface area contributed by atoms with Crippen molar-refractivity contribution < 1.29 is 19.8 Å². The Kier molecular flexibility index (Phi) is 7.87. The molecule has 0 aliphatic carbocycles. The summed E-state index contributed by atoms with van der Waals surface area (Å²) in [6.07, 6.45) is 1.08. The Morgan fingerprint density at radius 2 is 1.12 bits per heavy atom. The Bertz CT molecular complexity index is 227. The molecule has 0 bridgehead atoms. The first-order chi connectivity index (χ1) is 7.27. The molecule has 0 radical (unpaired) electrons. The van der Waals surface area contributed by atoms with E-state index < -0.39 is 51.6 Å². The van der Waals surface area contributed by atoms with Gasteiger partial charge >= 0.3 is 112 Å². The second kappa shape index (κ2) is 7.67. The van der Waals surface area contributed by atoms with Crippen LogP contribution in [0.2, 0.25) is 0 Å². The first-order valence-corrected chi connectivity index (χ1v) is 15.8. The first-order valence-electron chi connectivity index (χ1n) is 4.70. The number of aliphatic carboxylic acids is 2. The van der Waals surface area contributed by atoms with Gasteiger partial charge in [0.1, 0.15) is 0 Å². The van der Waals surface area contributed by atoms with E-state index >= 15 is 0 Å². The molecule has 0 aromatic heterocycles. The van der Waals surface area contributed by atoms with E-state index in [0.717, 1.165) is 0 Å². The number of halogens is 2. The fraction of sp³-hybridized carbons (Fsp3) is 0.800. The minimum absolute atomic E-state index is 0.262. The van der Waals surface area contributed by atoms with Gasteiger partial charge in [-0.25, -0.2) is 0 Å². The van der Waals surface area contributed by atoms with E-state index in [9.17, 15) is 9.59 Å². The Hall–Kier alpha value is 0.400. The van der Waals surface area contributed by atoms with Gasteiger partial charge in [0.2, 0.25) is 0 Å². The van der Waals surface area contributed by atoms with Gasteiger partial charge in [-0.05, 0) is 0 Å². The maximum atomic E-state index is 11.0. The Balaban J connectivity index is 4.38. The predicted molar refractivity (Wildman–Crippen MR) is 83.8 cm³/mol. The van der Waals surface area contributed by atoms with E-state index in [4.69, 9.17) is 10.2 Å². The molecule has 0 aliphatic rings. The van der Waals surface area contributed by atoms with E-state index in [1.54, 1.807) is 0 Å². The molecule has 0 aliphatic heterocycles. The number of carbonyl (C=O) groups is 2. The van der Waals surface area contributed by atoms with Gasteiger partial charge in [-0.15, -0.1) is 0 Å². The second-order valence-electron chi connectivity index (χ2n) is 3.82. The number of rotatable bonds is 7. The summed E-state index contributed by atoms with van der Waals surface area (Å²) in [7, 11) is 0. The summed E-state index contributed by atoms with van der Waals surface area (Å²) in [5.74, 6) is -1.49. The van der Waals surface area contributed by atoms with Crippen molar-refractivity contribution in [2.24, 2.45) is 0 Å². The number of hydrogen-bond donors (Lipinski definition) is 2. The third-order valence-corrected chi connectivity index (χ3v) is 10.6. The normalized spacial score (nSPS) is 16.2. The van der Waals surface area contributed by atoms with Crippen molar-refractivity contribution in [2.75, 3.05) is 19.7 Å². The van der Waals surface area contributed by atoms with E-state index in [1.165, 1.54) is 0 Å². The molecule has 2 N–H and O–H groups in total. The summed E-state index contributed by atoms with van der Waals surface area (Å²) < 4.78 is -0.524. The zero-order valence-electron chi connectivity index (χ0n) is 10.0. The van der Waals surface area contributed by atoms with Crippen molar-refractivity contribution >= 4 is 51.6 Å². The second-order valence-corrected chi connectivity index (χ2v) is 16.1. The Morgan fingerprint density at radius 3 is 1.25 bits per heavy atom. The van der Waals surface area contributed by atoms with Crippen LogP contribution < -0.4 is 0 Å². The number of alkyl halides is 6. The SMILES string of the molecule is CI(C)C(CCC(C(=O)O)I(C)C)C(=O)O. The van der Waals surface area contributed by atoms with Crippen molar-refractivity contribution in [3.63, 3.8) is 0 Å². The van der Waals surface area contributed by atoms with Gasteiger partial charge in [-0.1, -0.05) is 0 Å². The molecule has 2 unspecified atom stereocenters. The quantitative estimate of drug-likeness (QED) is 0.454.